The first-order chi connectivity index (χ1) is 24.8. The molecule has 0 aromatic heterocycles. The summed E-state index contributed by atoms with van der Waals surface area (Å²) in [5, 5.41) is 0. The first kappa shape index (κ1) is 49.9. The second kappa shape index (κ2) is 38.6. The molecule has 0 spiro atoms. The molecule has 1 N–H and O–H groups in total. The maximum Gasteiger partial charge on any atom is 0.472 e. The Morgan fingerprint density at radius 3 is 1.39 bits per heavy atom. The van der Waals surface area contributed by atoms with Gasteiger partial charge in [-0.25, -0.2) is 4.57 Å². The third-order valence-electron chi connectivity index (χ3n) is 8.78. The number of allylic oxidation sites excluding steroid dienone is 4. The van der Waals surface area contributed by atoms with Gasteiger partial charge in [-0.1, -0.05) is 141 Å². The molecule has 300 valence electrons. The van der Waals surface area contributed by atoms with Crippen LogP contribution in [0.1, 0.15) is 194 Å². The predicted molar refractivity (Wildman–Crippen MR) is 215 cm³/mol. The van der Waals surface area contributed by atoms with Crippen molar-refractivity contribution in [2.75, 3.05) is 25.6 Å². The zero-order valence-corrected chi connectivity index (χ0v) is 34.5. The number of esters is 2. The zero-order valence-electron chi connectivity index (χ0n) is 32.7. The van der Waals surface area contributed by atoms with E-state index < -0.39 is 26.5 Å². The summed E-state index contributed by atoms with van der Waals surface area (Å²) in [5.41, 5.74) is 0. The van der Waals surface area contributed by atoms with Gasteiger partial charge < -0.3 is 14.4 Å². The van der Waals surface area contributed by atoms with Gasteiger partial charge in [-0.05, 0) is 64.2 Å². The van der Waals surface area contributed by atoms with E-state index in [-0.39, 0.29) is 37.8 Å². The maximum absolute atomic E-state index is 12.6. The number of unbranched alkanes of at least 4 members (excludes halogenated alkanes) is 22. The molecule has 0 heterocycles. The van der Waals surface area contributed by atoms with Crippen LogP contribution in [0.25, 0.3) is 0 Å². The fourth-order valence-corrected chi connectivity index (χ4v) is 6.66. The summed E-state index contributed by atoms with van der Waals surface area (Å²) in [4.78, 5) is 34.8. The van der Waals surface area contributed by atoms with Crippen LogP contribution in [0.5, 0.6) is 0 Å². The summed E-state index contributed by atoms with van der Waals surface area (Å²) in [6.45, 7) is 3.77. The average molecular weight is 761 g/mol. The monoisotopic (exact) mass is 761 g/mol. The molecule has 2 atom stereocenters. The van der Waals surface area contributed by atoms with E-state index in [4.69, 9.17) is 18.5 Å². The molecule has 0 radical (unpaired) electrons. The molecule has 0 aliphatic carbocycles. The highest BCUT2D eigenvalue weighted by Crippen LogP contribution is 2.43. The van der Waals surface area contributed by atoms with Crippen LogP contribution in [0.4, 0.5) is 0 Å². The Bertz CT molecular complexity index is 897. The van der Waals surface area contributed by atoms with Crippen molar-refractivity contribution < 1.29 is 37.6 Å². The van der Waals surface area contributed by atoms with Gasteiger partial charge in [0.2, 0.25) is 0 Å². The number of carbonyl (C=O) groups is 2. The van der Waals surface area contributed by atoms with Gasteiger partial charge in [0.15, 0.2) is 6.10 Å². The summed E-state index contributed by atoms with van der Waals surface area (Å²) < 4.78 is 32.8. The number of hydrogen-bond acceptors (Lipinski definition) is 8. The van der Waals surface area contributed by atoms with Gasteiger partial charge in [0.1, 0.15) is 6.61 Å². The number of rotatable bonds is 39. The molecule has 0 aliphatic heterocycles. The summed E-state index contributed by atoms with van der Waals surface area (Å²) in [5.74, 6) is -0.584. The molecule has 0 bridgehead atoms. The van der Waals surface area contributed by atoms with Crippen molar-refractivity contribution in [1.82, 2.24) is 0 Å². The van der Waals surface area contributed by atoms with E-state index >= 15 is 0 Å². The van der Waals surface area contributed by atoms with E-state index in [0.717, 1.165) is 70.6 Å². The van der Waals surface area contributed by atoms with Gasteiger partial charge in [0, 0.05) is 18.6 Å². The average Bonchev–Trinajstić information content (AvgIpc) is 3.11. The van der Waals surface area contributed by atoms with Crippen molar-refractivity contribution in [3.8, 4) is 0 Å². The largest absolute Gasteiger partial charge is 0.472 e. The van der Waals surface area contributed by atoms with Crippen LogP contribution in [0.15, 0.2) is 24.3 Å². The number of ether oxygens (including phenoxy) is 2. The quantitative estimate of drug-likeness (QED) is 0.0210. The lowest BCUT2D eigenvalue weighted by Crippen LogP contribution is -2.29. The molecular formula is C41H77O8PS. The fourth-order valence-electron chi connectivity index (χ4n) is 5.67. The summed E-state index contributed by atoms with van der Waals surface area (Å²) in [6.07, 6.45) is 39.3. The smallest absolute Gasteiger partial charge is 0.462 e. The third-order valence-corrected chi connectivity index (χ3v) is 9.95. The van der Waals surface area contributed by atoms with Gasteiger partial charge in [-0.15, -0.1) is 0 Å². The first-order valence-corrected chi connectivity index (χ1v) is 22.8. The Kier molecular flexibility index (Phi) is 37.8. The second-order valence-corrected chi connectivity index (χ2v) is 15.7. The maximum atomic E-state index is 12.6. The Balaban J connectivity index is 4.20. The van der Waals surface area contributed by atoms with Crippen LogP contribution in [-0.4, -0.2) is 48.5 Å². The molecule has 0 rings (SSSR count). The normalized spacial score (nSPS) is 13.6. The van der Waals surface area contributed by atoms with Crippen LogP contribution < -0.4 is 0 Å². The molecule has 0 amide bonds. The molecule has 0 saturated heterocycles. The number of phosphoric ester groups is 1. The lowest BCUT2D eigenvalue weighted by molar-refractivity contribution is -0.161. The van der Waals surface area contributed by atoms with Gasteiger partial charge in [0.25, 0.3) is 0 Å². The Labute approximate surface area is 318 Å². The van der Waals surface area contributed by atoms with Crippen molar-refractivity contribution in [1.29, 1.82) is 0 Å². The van der Waals surface area contributed by atoms with Crippen LogP contribution in [0, 0.1) is 0 Å². The van der Waals surface area contributed by atoms with E-state index in [1.54, 1.807) is 0 Å². The van der Waals surface area contributed by atoms with Crippen LogP contribution in [0.2, 0.25) is 0 Å². The minimum atomic E-state index is -4.34. The molecule has 0 saturated carbocycles. The van der Waals surface area contributed by atoms with Crippen molar-refractivity contribution >= 4 is 32.4 Å². The molecule has 8 nitrogen and oxygen atoms in total. The van der Waals surface area contributed by atoms with Crippen LogP contribution in [-0.2, 0) is 32.7 Å². The SMILES string of the molecule is CCCCCCCCC=CCCCCCCCC(=O)OC[C@H](COP(=O)(O)OCCS)OC(=O)CCCCCCCC=CCCCCCCCC. The molecule has 1 unspecified atom stereocenters. The van der Waals surface area contributed by atoms with E-state index in [1.165, 1.54) is 89.9 Å². The summed E-state index contributed by atoms with van der Waals surface area (Å²) in [7, 11) is -4.34. The molecule has 10 heteroatoms. The van der Waals surface area contributed by atoms with Gasteiger partial charge in [0.05, 0.1) is 13.2 Å². The minimum absolute atomic E-state index is 0.0677. The van der Waals surface area contributed by atoms with Crippen LogP contribution >= 0.6 is 20.5 Å². The highest BCUT2D eigenvalue weighted by molar-refractivity contribution is 7.80. The van der Waals surface area contributed by atoms with Crippen molar-refractivity contribution in [2.45, 2.75) is 200 Å². The number of hydrogen-bond donors (Lipinski definition) is 2. The molecule has 0 aromatic carbocycles. The van der Waals surface area contributed by atoms with Crippen molar-refractivity contribution in [3.05, 3.63) is 24.3 Å². The zero-order chi connectivity index (χ0) is 37.5. The highest BCUT2D eigenvalue weighted by Gasteiger charge is 2.26. The van der Waals surface area contributed by atoms with Crippen LogP contribution in [0.3, 0.4) is 0 Å². The molecular weight excluding hydrogens is 683 g/mol. The first-order valence-electron chi connectivity index (χ1n) is 20.7. The summed E-state index contributed by atoms with van der Waals surface area (Å²) in [6, 6.07) is 0. The predicted octanol–water partition coefficient (Wildman–Crippen LogP) is 12.6. The Morgan fingerprint density at radius 1 is 0.569 bits per heavy atom. The van der Waals surface area contributed by atoms with Gasteiger partial charge >= 0.3 is 19.8 Å². The molecule has 0 aromatic rings. The lowest BCUT2D eigenvalue weighted by atomic mass is 10.1. The van der Waals surface area contributed by atoms with E-state index in [1.807, 2.05) is 0 Å². The summed E-state index contributed by atoms with van der Waals surface area (Å²) >= 11 is 3.97. The lowest BCUT2D eigenvalue weighted by Gasteiger charge is -2.19. The van der Waals surface area contributed by atoms with E-state index in [2.05, 4.69) is 50.8 Å². The molecule has 0 fully saturated rings. The van der Waals surface area contributed by atoms with E-state index in [9.17, 15) is 19.0 Å². The number of carbonyl (C=O) groups excluding carboxylic acids is 2. The highest BCUT2D eigenvalue weighted by atomic mass is 32.1. The second-order valence-electron chi connectivity index (χ2n) is 13.8. The third kappa shape index (κ3) is 38.4. The van der Waals surface area contributed by atoms with Gasteiger partial charge in [-0.2, -0.15) is 12.6 Å². The minimum Gasteiger partial charge on any atom is -0.462 e. The van der Waals surface area contributed by atoms with Crippen molar-refractivity contribution in [3.63, 3.8) is 0 Å². The standard InChI is InChI=1S/C41H77O8PS/c1-3-5-7-9-11-13-15-17-19-21-23-25-27-29-31-33-40(42)46-37-39(38-48-50(44,45)47-35-36-51)49-41(43)34-32-30-28-26-24-22-20-18-16-14-12-10-8-6-4-2/h17-20,39,51H,3-16,21-38H2,1-2H3,(H,44,45)/t39-/m1/s1. The van der Waals surface area contributed by atoms with Crippen molar-refractivity contribution in [2.24, 2.45) is 0 Å². The number of thiol groups is 1. The number of phosphoric acid groups is 1. The molecule has 51 heavy (non-hydrogen) atoms. The Hall–Kier alpha value is -1.12. The fraction of sp³-hybridized carbons (Fsp3) is 0.854. The van der Waals surface area contributed by atoms with E-state index in [0.29, 0.717) is 6.42 Å². The Morgan fingerprint density at radius 2 is 0.961 bits per heavy atom. The molecule has 0 aliphatic rings. The topological polar surface area (TPSA) is 108 Å². The van der Waals surface area contributed by atoms with Gasteiger partial charge in [-0.3, -0.25) is 18.6 Å².